The molecule has 0 amide bonds. The smallest absolute Gasteiger partial charge is 0.124 e. The van der Waals surface area contributed by atoms with Crippen molar-refractivity contribution in [2.75, 3.05) is 0 Å². The van der Waals surface area contributed by atoms with Gasteiger partial charge in [0.25, 0.3) is 0 Å². The second kappa shape index (κ2) is 6.67. The van der Waals surface area contributed by atoms with Crippen LogP contribution in [-0.4, -0.2) is 5.54 Å². The van der Waals surface area contributed by atoms with Gasteiger partial charge < -0.3 is 14.5 Å². The molecule has 1 heterocycles. The van der Waals surface area contributed by atoms with E-state index in [2.05, 4.69) is 42.0 Å². The second-order valence-corrected chi connectivity index (χ2v) is 7.03. The fourth-order valence-corrected chi connectivity index (χ4v) is 2.11. The minimum Gasteiger partial charge on any atom is -0.489 e. The summed E-state index contributed by atoms with van der Waals surface area (Å²) in [4.78, 5) is 0. The van der Waals surface area contributed by atoms with E-state index in [4.69, 9.17) is 9.15 Å². The first-order valence-electron chi connectivity index (χ1n) is 7.04. The molecular weight excluding hydrogens is 330 g/mol. The van der Waals surface area contributed by atoms with Crippen molar-refractivity contribution in [2.24, 2.45) is 0 Å². The maximum absolute atomic E-state index is 5.85. The number of rotatable bonds is 5. The van der Waals surface area contributed by atoms with Crippen LogP contribution in [0.4, 0.5) is 0 Å². The Hall–Kier alpha value is -1.26. The molecule has 21 heavy (non-hydrogen) atoms. The number of hydrogen-bond donors (Lipinski definition) is 1. The lowest BCUT2D eigenvalue weighted by Gasteiger charge is -2.20. The average molecular weight is 352 g/mol. The molecule has 0 aliphatic carbocycles. The van der Waals surface area contributed by atoms with Crippen LogP contribution in [0.1, 0.15) is 37.7 Å². The zero-order valence-electron chi connectivity index (χ0n) is 13.0. The predicted molar refractivity (Wildman–Crippen MR) is 88.5 cm³/mol. The number of halogens is 1. The van der Waals surface area contributed by atoms with Gasteiger partial charge in [0, 0.05) is 15.6 Å². The molecule has 2 rings (SSSR count). The first-order valence-corrected chi connectivity index (χ1v) is 7.84. The molecule has 3 nitrogen and oxygen atoms in total. The van der Waals surface area contributed by atoms with Gasteiger partial charge in [-0.05, 0) is 57.5 Å². The highest BCUT2D eigenvalue weighted by Gasteiger charge is 2.13. The van der Waals surface area contributed by atoms with Crippen molar-refractivity contribution < 1.29 is 9.15 Å². The molecule has 0 aliphatic heterocycles. The van der Waals surface area contributed by atoms with Gasteiger partial charge >= 0.3 is 0 Å². The third-order valence-electron chi connectivity index (χ3n) is 3.14. The van der Waals surface area contributed by atoms with Crippen molar-refractivity contribution in [1.29, 1.82) is 0 Å². The van der Waals surface area contributed by atoms with Gasteiger partial charge in [0.15, 0.2) is 0 Å². The van der Waals surface area contributed by atoms with Crippen LogP contribution in [-0.2, 0) is 13.2 Å². The molecule has 0 bridgehead atoms. The largest absolute Gasteiger partial charge is 0.489 e. The Bertz CT molecular complexity index is 599. The monoisotopic (exact) mass is 351 g/mol. The first-order chi connectivity index (χ1) is 9.85. The van der Waals surface area contributed by atoms with E-state index < -0.39 is 0 Å². The third kappa shape index (κ3) is 4.90. The SMILES string of the molecule is Cc1cc(OCc2ccoc2CNC(C)(C)C)ccc1Br. The lowest BCUT2D eigenvalue weighted by Crippen LogP contribution is -2.35. The minimum absolute atomic E-state index is 0.0632. The summed E-state index contributed by atoms with van der Waals surface area (Å²) in [6.07, 6.45) is 1.71. The van der Waals surface area contributed by atoms with Crippen LogP contribution >= 0.6 is 15.9 Å². The highest BCUT2D eigenvalue weighted by Crippen LogP contribution is 2.23. The Balaban J connectivity index is 1.97. The van der Waals surface area contributed by atoms with Crippen LogP contribution in [0.2, 0.25) is 0 Å². The molecule has 1 aromatic carbocycles. The summed E-state index contributed by atoms with van der Waals surface area (Å²) in [7, 11) is 0. The Kier molecular flexibility index (Phi) is 5.12. The van der Waals surface area contributed by atoms with Crippen molar-refractivity contribution in [2.45, 2.75) is 46.4 Å². The summed E-state index contributed by atoms with van der Waals surface area (Å²) in [6.45, 7) is 9.67. The number of aryl methyl sites for hydroxylation is 1. The second-order valence-electron chi connectivity index (χ2n) is 6.17. The van der Waals surface area contributed by atoms with E-state index >= 15 is 0 Å². The van der Waals surface area contributed by atoms with E-state index in [0.29, 0.717) is 13.2 Å². The van der Waals surface area contributed by atoms with Crippen LogP contribution in [0.15, 0.2) is 39.4 Å². The Morgan fingerprint density at radius 1 is 1.24 bits per heavy atom. The van der Waals surface area contributed by atoms with Crippen LogP contribution in [0.3, 0.4) is 0 Å². The standard InChI is InChI=1S/C17H22BrNO2/c1-12-9-14(5-6-15(12)18)21-11-13-7-8-20-16(13)10-19-17(2,3)4/h5-9,19H,10-11H2,1-4H3. The van der Waals surface area contributed by atoms with Crippen molar-refractivity contribution in [3.05, 3.63) is 51.9 Å². The van der Waals surface area contributed by atoms with Gasteiger partial charge in [0.1, 0.15) is 18.1 Å². The van der Waals surface area contributed by atoms with Gasteiger partial charge in [-0.3, -0.25) is 0 Å². The number of hydrogen-bond acceptors (Lipinski definition) is 3. The van der Waals surface area contributed by atoms with E-state index in [0.717, 1.165) is 27.1 Å². The van der Waals surface area contributed by atoms with E-state index in [1.165, 1.54) is 0 Å². The van der Waals surface area contributed by atoms with Crippen molar-refractivity contribution >= 4 is 15.9 Å². The number of nitrogens with one attached hydrogen (secondary N) is 1. The molecule has 0 saturated carbocycles. The molecule has 114 valence electrons. The molecule has 0 atom stereocenters. The Morgan fingerprint density at radius 3 is 2.67 bits per heavy atom. The molecule has 2 aromatic rings. The summed E-state index contributed by atoms with van der Waals surface area (Å²) in [5, 5.41) is 3.42. The average Bonchev–Trinajstić information content (AvgIpc) is 2.84. The highest BCUT2D eigenvalue weighted by molar-refractivity contribution is 9.10. The lowest BCUT2D eigenvalue weighted by atomic mass is 10.1. The fraction of sp³-hybridized carbons (Fsp3) is 0.412. The summed E-state index contributed by atoms with van der Waals surface area (Å²) < 4.78 is 12.5. The molecule has 0 spiro atoms. The van der Waals surface area contributed by atoms with Gasteiger partial charge in [-0.2, -0.15) is 0 Å². The summed E-state index contributed by atoms with van der Waals surface area (Å²) >= 11 is 3.49. The maximum atomic E-state index is 5.85. The molecule has 0 radical (unpaired) electrons. The molecule has 4 heteroatoms. The molecule has 0 fully saturated rings. The summed E-state index contributed by atoms with van der Waals surface area (Å²) in [6, 6.07) is 7.95. The van der Waals surface area contributed by atoms with Crippen molar-refractivity contribution in [1.82, 2.24) is 5.32 Å². The fourth-order valence-electron chi connectivity index (χ4n) is 1.86. The van der Waals surface area contributed by atoms with Crippen LogP contribution in [0, 0.1) is 6.92 Å². The number of ether oxygens (including phenoxy) is 1. The quantitative estimate of drug-likeness (QED) is 0.838. The molecular formula is C17H22BrNO2. The van der Waals surface area contributed by atoms with Gasteiger partial charge in [-0.25, -0.2) is 0 Å². The highest BCUT2D eigenvalue weighted by atomic mass is 79.9. The maximum Gasteiger partial charge on any atom is 0.124 e. The molecule has 0 aliphatic rings. The normalized spacial score (nSPS) is 11.7. The van der Waals surface area contributed by atoms with Crippen LogP contribution in [0.25, 0.3) is 0 Å². The Morgan fingerprint density at radius 2 is 2.00 bits per heavy atom. The van der Waals surface area contributed by atoms with E-state index in [9.17, 15) is 0 Å². The zero-order valence-corrected chi connectivity index (χ0v) is 14.6. The van der Waals surface area contributed by atoms with Crippen molar-refractivity contribution in [3.8, 4) is 5.75 Å². The van der Waals surface area contributed by atoms with E-state index in [1.807, 2.05) is 31.2 Å². The zero-order chi connectivity index (χ0) is 15.5. The molecule has 1 N–H and O–H groups in total. The summed E-state index contributed by atoms with van der Waals surface area (Å²) in [5.74, 6) is 1.80. The van der Waals surface area contributed by atoms with Gasteiger partial charge in [0.2, 0.25) is 0 Å². The number of benzene rings is 1. The van der Waals surface area contributed by atoms with Crippen LogP contribution < -0.4 is 10.1 Å². The molecule has 0 unspecified atom stereocenters. The van der Waals surface area contributed by atoms with Gasteiger partial charge in [-0.1, -0.05) is 15.9 Å². The van der Waals surface area contributed by atoms with E-state index in [1.54, 1.807) is 6.26 Å². The molecule has 0 saturated heterocycles. The van der Waals surface area contributed by atoms with E-state index in [-0.39, 0.29) is 5.54 Å². The van der Waals surface area contributed by atoms with Crippen LogP contribution in [0.5, 0.6) is 5.75 Å². The first kappa shape index (κ1) is 16.1. The minimum atomic E-state index is 0.0632. The lowest BCUT2D eigenvalue weighted by molar-refractivity contribution is 0.299. The van der Waals surface area contributed by atoms with Gasteiger partial charge in [0.05, 0.1) is 12.8 Å². The number of furan rings is 1. The van der Waals surface area contributed by atoms with Gasteiger partial charge in [-0.15, -0.1) is 0 Å². The molecule has 1 aromatic heterocycles. The Labute approximate surface area is 134 Å². The predicted octanol–water partition coefficient (Wildman–Crippen LogP) is 4.82. The summed E-state index contributed by atoms with van der Waals surface area (Å²) in [5.41, 5.74) is 2.30. The topological polar surface area (TPSA) is 34.4 Å². The van der Waals surface area contributed by atoms with Crippen molar-refractivity contribution in [3.63, 3.8) is 0 Å². The third-order valence-corrected chi connectivity index (χ3v) is 4.03.